The second kappa shape index (κ2) is 8.21. The normalized spacial score (nSPS) is 15.9. The van der Waals surface area contributed by atoms with Crippen molar-refractivity contribution in [3.63, 3.8) is 0 Å². The molecule has 3 aromatic rings. The highest BCUT2D eigenvalue weighted by Gasteiger charge is 2.34. The maximum Gasteiger partial charge on any atom is 0.222 e. The van der Waals surface area contributed by atoms with Crippen LogP contribution in [0.3, 0.4) is 0 Å². The first-order valence-corrected chi connectivity index (χ1v) is 10.1. The molecule has 152 valence electrons. The second-order valence-corrected chi connectivity index (χ2v) is 7.69. The van der Waals surface area contributed by atoms with Crippen molar-refractivity contribution in [1.82, 2.24) is 19.7 Å². The molecule has 0 aliphatic carbocycles. The molecule has 2 aromatic heterocycles. The highest BCUT2D eigenvalue weighted by atomic mass is 16.5. The number of rotatable bonds is 6. The number of benzene rings is 1. The Kier molecular flexibility index (Phi) is 5.49. The van der Waals surface area contributed by atoms with Gasteiger partial charge in [0, 0.05) is 49.5 Å². The lowest BCUT2D eigenvalue weighted by Gasteiger charge is -2.38. The van der Waals surface area contributed by atoms with Gasteiger partial charge in [0.1, 0.15) is 5.82 Å². The molecule has 1 fully saturated rings. The highest BCUT2D eigenvalue weighted by Crippen LogP contribution is 2.35. The van der Waals surface area contributed by atoms with Crippen molar-refractivity contribution in [1.29, 1.82) is 0 Å². The quantitative estimate of drug-likeness (QED) is 0.668. The predicted octanol–water partition coefficient (Wildman–Crippen LogP) is 3.41. The molecule has 3 heterocycles. The number of aryl methyl sites for hydroxylation is 2. The number of nitrogens with zero attached hydrogens (tertiary/aromatic N) is 4. The molecule has 1 aliphatic rings. The Hall–Kier alpha value is -2.93. The van der Waals surface area contributed by atoms with Gasteiger partial charge >= 0.3 is 0 Å². The zero-order valence-corrected chi connectivity index (χ0v) is 17.1. The average molecular weight is 393 g/mol. The standard InChI is InChI=1S/C22H28N6O/c1-3-28-14-17(13-25-28)19-12-20(27-21(23)26-19)24-15-22(8-10-29-11-9-22)18-6-4-16(2)5-7-18/h4-7,12-14H,3,8-11,15H2,1-2H3,(H3,23,24,26,27). The van der Waals surface area contributed by atoms with Crippen molar-refractivity contribution in [2.75, 3.05) is 30.8 Å². The molecular weight excluding hydrogens is 364 g/mol. The van der Waals surface area contributed by atoms with E-state index in [2.05, 4.69) is 58.5 Å². The SMILES string of the molecule is CCn1cc(-c2cc(NCC3(c4ccc(C)cc4)CCOCC3)nc(N)n2)cn1. The Labute approximate surface area is 171 Å². The van der Waals surface area contributed by atoms with Crippen LogP contribution in [0.2, 0.25) is 0 Å². The molecule has 3 N–H and O–H groups in total. The van der Waals surface area contributed by atoms with Gasteiger partial charge in [0.15, 0.2) is 0 Å². The van der Waals surface area contributed by atoms with Crippen molar-refractivity contribution in [2.45, 2.75) is 38.6 Å². The summed E-state index contributed by atoms with van der Waals surface area (Å²) in [5.74, 6) is 0.986. The fraction of sp³-hybridized carbons (Fsp3) is 0.409. The number of hydrogen-bond donors (Lipinski definition) is 2. The maximum atomic E-state index is 6.00. The van der Waals surface area contributed by atoms with Gasteiger partial charge in [-0.05, 0) is 32.3 Å². The van der Waals surface area contributed by atoms with E-state index in [1.54, 1.807) is 6.20 Å². The maximum absolute atomic E-state index is 6.00. The van der Waals surface area contributed by atoms with Crippen LogP contribution in [-0.2, 0) is 16.7 Å². The number of ether oxygens (including phenoxy) is 1. The molecule has 0 saturated carbocycles. The zero-order chi connectivity index (χ0) is 20.3. The van der Waals surface area contributed by atoms with Crippen LogP contribution in [0, 0.1) is 6.92 Å². The topological polar surface area (TPSA) is 90.9 Å². The molecule has 1 aliphatic heterocycles. The molecule has 0 amide bonds. The number of nitrogens with two attached hydrogens (primary N) is 1. The molecule has 7 heteroatoms. The molecule has 0 unspecified atom stereocenters. The fourth-order valence-corrected chi connectivity index (χ4v) is 3.87. The van der Waals surface area contributed by atoms with Gasteiger partial charge < -0.3 is 15.8 Å². The van der Waals surface area contributed by atoms with Gasteiger partial charge in [-0.15, -0.1) is 0 Å². The van der Waals surface area contributed by atoms with Crippen LogP contribution >= 0.6 is 0 Å². The van der Waals surface area contributed by atoms with Crippen LogP contribution in [0.1, 0.15) is 30.9 Å². The first-order chi connectivity index (χ1) is 14.1. The average Bonchev–Trinajstić information content (AvgIpc) is 3.23. The van der Waals surface area contributed by atoms with Crippen molar-refractivity contribution in [2.24, 2.45) is 0 Å². The number of anilines is 2. The lowest BCUT2D eigenvalue weighted by Crippen LogP contribution is -2.40. The van der Waals surface area contributed by atoms with E-state index in [-0.39, 0.29) is 11.4 Å². The Morgan fingerprint density at radius 1 is 1.17 bits per heavy atom. The van der Waals surface area contributed by atoms with E-state index >= 15 is 0 Å². The Morgan fingerprint density at radius 3 is 2.62 bits per heavy atom. The lowest BCUT2D eigenvalue weighted by atomic mass is 9.74. The van der Waals surface area contributed by atoms with Gasteiger partial charge in [-0.25, -0.2) is 4.98 Å². The molecule has 0 radical (unpaired) electrons. The van der Waals surface area contributed by atoms with E-state index in [9.17, 15) is 0 Å². The Bertz CT molecular complexity index is 960. The van der Waals surface area contributed by atoms with Crippen molar-refractivity contribution < 1.29 is 4.74 Å². The third kappa shape index (κ3) is 4.24. The summed E-state index contributed by atoms with van der Waals surface area (Å²) in [6.45, 7) is 7.28. The summed E-state index contributed by atoms with van der Waals surface area (Å²) >= 11 is 0. The number of hydrogen-bond acceptors (Lipinski definition) is 6. The van der Waals surface area contributed by atoms with Crippen LogP contribution < -0.4 is 11.1 Å². The van der Waals surface area contributed by atoms with Crippen molar-refractivity contribution >= 4 is 11.8 Å². The predicted molar refractivity (Wildman–Crippen MR) is 115 cm³/mol. The number of nitrogen functional groups attached to an aromatic ring is 1. The van der Waals surface area contributed by atoms with Gasteiger partial charge in [-0.1, -0.05) is 29.8 Å². The first kappa shape index (κ1) is 19.4. The van der Waals surface area contributed by atoms with Gasteiger partial charge in [0.05, 0.1) is 11.9 Å². The fourth-order valence-electron chi connectivity index (χ4n) is 3.87. The van der Waals surface area contributed by atoms with E-state index < -0.39 is 0 Å². The summed E-state index contributed by atoms with van der Waals surface area (Å²) in [4.78, 5) is 8.79. The molecule has 1 saturated heterocycles. The molecule has 4 rings (SSSR count). The van der Waals surface area contributed by atoms with Crippen molar-refractivity contribution in [3.8, 4) is 11.3 Å². The summed E-state index contributed by atoms with van der Waals surface area (Å²) in [6, 6.07) is 10.8. The van der Waals surface area contributed by atoms with Gasteiger partial charge in [0.25, 0.3) is 0 Å². The molecule has 0 spiro atoms. The summed E-state index contributed by atoms with van der Waals surface area (Å²) in [5, 5.41) is 7.85. The largest absolute Gasteiger partial charge is 0.381 e. The minimum absolute atomic E-state index is 0.0128. The third-order valence-electron chi connectivity index (χ3n) is 5.72. The van der Waals surface area contributed by atoms with E-state index in [1.165, 1.54) is 11.1 Å². The number of aromatic nitrogens is 4. The molecule has 0 bridgehead atoms. The van der Waals surface area contributed by atoms with Crippen molar-refractivity contribution in [3.05, 3.63) is 53.9 Å². The van der Waals surface area contributed by atoms with Crippen LogP contribution in [0.25, 0.3) is 11.3 Å². The first-order valence-electron chi connectivity index (χ1n) is 10.1. The van der Waals surface area contributed by atoms with Crippen LogP contribution in [-0.4, -0.2) is 39.5 Å². The number of nitrogens with one attached hydrogen (secondary N) is 1. The summed E-state index contributed by atoms with van der Waals surface area (Å²) < 4.78 is 7.52. The lowest BCUT2D eigenvalue weighted by molar-refractivity contribution is 0.0543. The summed E-state index contributed by atoms with van der Waals surface area (Å²) in [5.41, 5.74) is 10.3. The molecule has 1 aromatic carbocycles. The monoisotopic (exact) mass is 392 g/mol. The molecule has 29 heavy (non-hydrogen) atoms. The van der Waals surface area contributed by atoms with Crippen LogP contribution in [0.5, 0.6) is 0 Å². The third-order valence-corrected chi connectivity index (χ3v) is 5.72. The van der Waals surface area contributed by atoms with E-state index in [0.29, 0.717) is 0 Å². The molecular formula is C22H28N6O. The second-order valence-electron chi connectivity index (χ2n) is 7.69. The van der Waals surface area contributed by atoms with Gasteiger partial charge in [0.2, 0.25) is 5.95 Å². The Morgan fingerprint density at radius 2 is 1.93 bits per heavy atom. The highest BCUT2D eigenvalue weighted by molar-refractivity contribution is 5.62. The van der Waals surface area contributed by atoms with Gasteiger partial charge in [-0.3, -0.25) is 4.68 Å². The van der Waals surface area contributed by atoms with Gasteiger partial charge in [-0.2, -0.15) is 10.1 Å². The van der Waals surface area contributed by atoms with E-state index in [0.717, 1.165) is 56.2 Å². The van der Waals surface area contributed by atoms with E-state index in [1.807, 2.05) is 16.9 Å². The minimum Gasteiger partial charge on any atom is -0.381 e. The van der Waals surface area contributed by atoms with Crippen LogP contribution in [0.4, 0.5) is 11.8 Å². The van der Waals surface area contributed by atoms with E-state index in [4.69, 9.17) is 10.5 Å². The zero-order valence-electron chi connectivity index (χ0n) is 17.1. The molecule has 7 nitrogen and oxygen atoms in total. The Balaban J connectivity index is 1.58. The smallest absolute Gasteiger partial charge is 0.222 e. The van der Waals surface area contributed by atoms with Crippen LogP contribution in [0.15, 0.2) is 42.7 Å². The minimum atomic E-state index is 0.0128. The summed E-state index contributed by atoms with van der Waals surface area (Å²) in [7, 11) is 0. The summed E-state index contributed by atoms with van der Waals surface area (Å²) in [6.07, 6.45) is 5.72. The molecule has 0 atom stereocenters.